The molecule has 1 saturated heterocycles. The number of nitrogens with zero attached hydrogens (tertiary/aromatic N) is 2. The molecule has 6 heteroatoms. The Morgan fingerprint density at radius 1 is 0.929 bits per heavy atom. The van der Waals surface area contributed by atoms with Crippen molar-refractivity contribution in [2.75, 3.05) is 32.7 Å². The second kappa shape index (κ2) is 9.18. The molecule has 1 N–H and O–H groups in total. The Hall–Kier alpha value is -1.73. The van der Waals surface area contributed by atoms with E-state index in [4.69, 9.17) is 0 Å². The summed E-state index contributed by atoms with van der Waals surface area (Å²) < 4.78 is 27.4. The number of hydrogen-bond acceptors (Lipinski definition) is 4. The quantitative estimate of drug-likeness (QED) is 0.772. The average Bonchev–Trinajstić information content (AvgIpc) is 2.74. The summed E-state index contributed by atoms with van der Waals surface area (Å²) in [5.74, 6) is 0.427. The predicted octanol–water partition coefficient (Wildman–Crippen LogP) is 3.24. The van der Waals surface area contributed by atoms with Crippen molar-refractivity contribution in [3.8, 4) is 0 Å². The fourth-order valence-electron chi connectivity index (χ4n) is 3.53. The van der Waals surface area contributed by atoms with E-state index < -0.39 is 16.1 Å². The van der Waals surface area contributed by atoms with Gasteiger partial charge in [-0.25, -0.2) is 8.42 Å². The van der Waals surface area contributed by atoms with Crippen LogP contribution < -0.4 is 0 Å². The van der Waals surface area contributed by atoms with Gasteiger partial charge < -0.3 is 5.11 Å². The van der Waals surface area contributed by atoms with E-state index in [0.29, 0.717) is 43.5 Å². The minimum absolute atomic E-state index is 0.359. The maximum absolute atomic E-state index is 12.9. The number of β-amino-alcohol motifs (C(OH)–C–C–N with tert-alkyl or cyclic N) is 1. The largest absolute Gasteiger partial charge is 0.387 e. The average molecular weight is 403 g/mol. The standard InChI is InChI=1S/C22H30N2O3S/c1-3-18(2)19-9-11-21(12-10-19)28(26,27)24-15-13-23(14-16-24)17-22(25)20-7-5-4-6-8-20/h4-12,18,22,25H,3,13-17H2,1-2H3/t18-,22+/m0/s1. The van der Waals surface area contributed by atoms with Crippen molar-refractivity contribution in [3.05, 3.63) is 65.7 Å². The second-order valence-electron chi connectivity index (χ2n) is 7.51. The van der Waals surface area contributed by atoms with Gasteiger partial charge in [-0.3, -0.25) is 4.90 Å². The topological polar surface area (TPSA) is 60.9 Å². The number of sulfonamides is 1. The molecule has 1 aliphatic heterocycles. The zero-order valence-electron chi connectivity index (χ0n) is 16.7. The highest BCUT2D eigenvalue weighted by molar-refractivity contribution is 7.89. The van der Waals surface area contributed by atoms with Crippen LogP contribution in [-0.4, -0.2) is 55.5 Å². The van der Waals surface area contributed by atoms with Gasteiger partial charge in [0.15, 0.2) is 0 Å². The molecule has 2 atom stereocenters. The Morgan fingerprint density at radius 2 is 1.54 bits per heavy atom. The maximum Gasteiger partial charge on any atom is 0.243 e. The lowest BCUT2D eigenvalue weighted by Crippen LogP contribution is -2.49. The number of aliphatic hydroxyl groups excluding tert-OH is 1. The molecule has 0 amide bonds. The highest BCUT2D eigenvalue weighted by Crippen LogP contribution is 2.23. The molecule has 0 saturated carbocycles. The molecule has 0 aromatic heterocycles. The Labute approximate surface area is 168 Å². The Bertz CT molecular complexity index is 845. The van der Waals surface area contributed by atoms with Gasteiger partial charge >= 0.3 is 0 Å². The smallest absolute Gasteiger partial charge is 0.243 e. The fraction of sp³-hybridized carbons (Fsp3) is 0.455. The van der Waals surface area contributed by atoms with Crippen LogP contribution in [0.3, 0.4) is 0 Å². The molecule has 0 spiro atoms. The SMILES string of the molecule is CC[C@H](C)c1ccc(S(=O)(=O)N2CCN(C[C@@H](O)c3ccccc3)CC2)cc1. The molecule has 1 fully saturated rings. The monoisotopic (exact) mass is 402 g/mol. The lowest BCUT2D eigenvalue weighted by atomic mass is 9.99. The summed E-state index contributed by atoms with van der Waals surface area (Å²) in [6.45, 7) is 6.91. The molecule has 5 nitrogen and oxygen atoms in total. The number of aliphatic hydroxyl groups is 1. The highest BCUT2D eigenvalue weighted by atomic mass is 32.2. The van der Waals surface area contributed by atoms with Gasteiger partial charge in [0.05, 0.1) is 11.0 Å². The van der Waals surface area contributed by atoms with Crippen molar-refractivity contribution in [2.45, 2.75) is 37.2 Å². The van der Waals surface area contributed by atoms with E-state index in [1.54, 1.807) is 16.4 Å². The summed E-state index contributed by atoms with van der Waals surface area (Å²) in [4.78, 5) is 2.48. The van der Waals surface area contributed by atoms with Crippen molar-refractivity contribution in [1.29, 1.82) is 0 Å². The van der Waals surface area contributed by atoms with Gasteiger partial charge in [0.2, 0.25) is 10.0 Å². The molecule has 1 heterocycles. The molecular weight excluding hydrogens is 372 g/mol. The van der Waals surface area contributed by atoms with E-state index in [-0.39, 0.29) is 0 Å². The third-order valence-corrected chi connectivity index (χ3v) is 7.56. The van der Waals surface area contributed by atoms with Crippen LogP contribution in [0.15, 0.2) is 59.5 Å². The first-order valence-electron chi connectivity index (χ1n) is 9.97. The molecule has 0 radical (unpaired) electrons. The van der Waals surface area contributed by atoms with Gasteiger partial charge in [-0.1, -0.05) is 56.3 Å². The molecule has 0 bridgehead atoms. The van der Waals surface area contributed by atoms with Crippen molar-refractivity contribution >= 4 is 10.0 Å². The zero-order chi connectivity index (χ0) is 20.1. The van der Waals surface area contributed by atoms with Crippen molar-refractivity contribution in [1.82, 2.24) is 9.21 Å². The van der Waals surface area contributed by atoms with Crippen molar-refractivity contribution in [3.63, 3.8) is 0 Å². The number of hydrogen-bond donors (Lipinski definition) is 1. The third kappa shape index (κ3) is 4.81. The first-order valence-corrected chi connectivity index (χ1v) is 11.4. The zero-order valence-corrected chi connectivity index (χ0v) is 17.5. The van der Waals surface area contributed by atoms with E-state index >= 15 is 0 Å². The summed E-state index contributed by atoms with van der Waals surface area (Å²) in [6, 6.07) is 16.9. The van der Waals surface area contributed by atoms with Gasteiger partial charge in [-0.2, -0.15) is 4.31 Å². The van der Waals surface area contributed by atoms with Gasteiger partial charge in [0.25, 0.3) is 0 Å². The van der Waals surface area contributed by atoms with Crippen LogP contribution in [0.25, 0.3) is 0 Å². The highest BCUT2D eigenvalue weighted by Gasteiger charge is 2.29. The molecule has 2 aromatic carbocycles. The first kappa shape index (κ1) is 21.0. The Kier molecular flexibility index (Phi) is 6.88. The fourth-order valence-corrected chi connectivity index (χ4v) is 4.95. The minimum Gasteiger partial charge on any atom is -0.387 e. The van der Waals surface area contributed by atoms with Crippen molar-refractivity contribution < 1.29 is 13.5 Å². The number of rotatable bonds is 7. The van der Waals surface area contributed by atoms with Crippen LogP contribution in [0.4, 0.5) is 0 Å². The van der Waals surface area contributed by atoms with Crippen LogP contribution in [0.2, 0.25) is 0 Å². The summed E-state index contributed by atoms with van der Waals surface area (Å²) >= 11 is 0. The van der Waals surface area contributed by atoms with Gasteiger partial charge in [0.1, 0.15) is 0 Å². The molecule has 2 aromatic rings. The van der Waals surface area contributed by atoms with Gasteiger partial charge in [-0.15, -0.1) is 0 Å². The van der Waals surface area contributed by atoms with Crippen LogP contribution >= 0.6 is 0 Å². The molecule has 152 valence electrons. The van der Waals surface area contributed by atoms with Crippen molar-refractivity contribution in [2.24, 2.45) is 0 Å². The number of benzene rings is 2. The summed E-state index contributed by atoms with van der Waals surface area (Å²) in [5, 5.41) is 10.4. The first-order chi connectivity index (χ1) is 13.4. The molecule has 1 aliphatic rings. The van der Waals surface area contributed by atoms with Crippen LogP contribution in [-0.2, 0) is 10.0 Å². The molecule has 0 unspecified atom stereocenters. The van der Waals surface area contributed by atoms with E-state index in [9.17, 15) is 13.5 Å². The van der Waals surface area contributed by atoms with Crippen LogP contribution in [0, 0.1) is 0 Å². The molecule has 3 rings (SSSR count). The minimum atomic E-state index is -3.47. The Morgan fingerprint density at radius 3 is 2.11 bits per heavy atom. The predicted molar refractivity (Wildman–Crippen MR) is 112 cm³/mol. The lowest BCUT2D eigenvalue weighted by Gasteiger charge is -2.35. The molecule has 0 aliphatic carbocycles. The summed E-state index contributed by atoms with van der Waals surface area (Å²) in [6.07, 6.45) is 0.473. The summed E-state index contributed by atoms with van der Waals surface area (Å²) in [5.41, 5.74) is 2.06. The lowest BCUT2D eigenvalue weighted by molar-refractivity contribution is 0.0921. The van der Waals surface area contributed by atoms with E-state index in [2.05, 4.69) is 18.7 Å². The molecular formula is C22H30N2O3S. The van der Waals surface area contributed by atoms with Crippen LogP contribution in [0.1, 0.15) is 43.4 Å². The van der Waals surface area contributed by atoms with E-state index in [0.717, 1.165) is 12.0 Å². The van der Waals surface area contributed by atoms with E-state index in [1.807, 2.05) is 42.5 Å². The Balaban J connectivity index is 1.59. The van der Waals surface area contributed by atoms with Gasteiger partial charge in [-0.05, 0) is 35.6 Å². The van der Waals surface area contributed by atoms with E-state index in [1.165, 1.54) is 5.56 Å². The second-order valence-corrected chi connectivity index (χ2v) is 9.45. The van der Waals surface area contributed by atoms with Gasteiger partial charge in [0, 0.05) is 32.7 Å². The molecule has 28 heavy (non-hydrogen) atoms. The van der Waals surface area contributed by atoms with Crippen LogP contribution in [0.5, 0.6) is 0 Å². The number of piperazine rings is 1. The third-order valence-electron chi connectivity index (χ3n) is 5.65. The summed E-state index contributed by atoms with van der Waals surface area (Å²) in [7, 11) is -3.47. The normalized spacial score (nSPS) is 18.7. The maximum atomic E-state index is 12.9.